The number of likely N-dealkylation sites (tertiary alicyclic amines) is 2. The average Bonchev–Trinajstić information content (AvgIpc) is 2.89. The summed E-state index contributed by atoms with van der Waals surface area (Å²) in [4.78, 5) is 38.5. The van der Waals surface area contributed by atoms with E-state index in [0.29, 0.717) is 38.9 Å². The van der Waals surface area contributed by atoms with Crippen LogP contribution >= 0.6 is 23.2 Å². The molecule has 2 aliphatic heterocycles. The molecule has 2 rings (SSSR count). The Bertz CT molecular complexity index is 477. The normalized spacial score (nSPS) is 23.0. The van der Waals surface area contributed by atoms with Crippen molar-refractivity contribution in [3.05, 3.63) is 0 Å². The van der Waals surface area contributed by atoms with E-state index in [9.17, 15) is 14.4 Å². The van der Waals surface area contributed by atoms with E-state index >= 15 is 0 Å². The molecule has 0 aliphatic carbocycles. The Balaban J connectivity index is 1.82. The molecule has 0 aromatic heterocycles. The maximum absolute atomic E-state index is 12.6. The molecule has 2 aliphatic rings. The minimum absolute atomic E-state index is 0.0103. The summed E-state index contributed by atoms with van der Waals surface area (Å²) in [7, 11) is 0. The first-order valence-electron chi connectivity index (χ1n) is 7.96. The zero-order valence-electron chi connectivity index (χ0n) is 13.4. The number of carbonyl (C=O) groups is 3. The molecule has 130 valence electrons. The smallest absolute Gasteiger partial charge is 0.253 e. The lowest BCUT2D eigenvalue weighted by Gasteiger charge is -2.34. The van der Waals surface area contributed by atoms with Crippen molar-refractivity contribution in [2.24, 2.45) is 5.92 Å². The van der Waals surface area contributed by atoms with Crippen LogP contribution in [0, 0.1) is 5.92 Å². The maximum Gasteiger partial charge on any atom is 0.253 e. The number of hydrogen-bond acceptors (Lipinski definition) is 3. The second-order valence-electron chi connectivity index (χ2n) is 6.45. The molecule has 2 fully saturated rings. The molecule has 0 radical (unpaired) electrons. The lowest BCUT2D eigenvalue weighted by atomic mass is 10.0. The highest BCUT2D eigenvalue weighted by Gasteiger charge is 2.38. The van der Waals surface area contributed by atoms with Crippen molar-refractivity contribution in [1.29, 1.82) is 0 Å². The standard InChI is InChI=1S/C15H23Cl2N3O3/c1-9(2)20-8-10(7-12(20)21)15(23)19-5-3-11(4-6-19)18-14(22)13(16)17/h9-11,13H,3-8H2,1-2H3,(H,18,22). The number of rotatable bonds is 4. The number of amides is 3. The van der Waals surface area contributed by atoms with Crippen LogP contribution in [0.2, 0.25) is 0 Å². The molecular weight excluding hydrogens is 341 g/mol. The van der Waals surface area contributed by atoms with Crippen LogP contribution in [0.4, 0.5) is 0 Å². The van der Waals surface area contributed by atoms with E-state index in [1.54, 1.807) is 9.80 Å². The third-order valence-electron chi connectivity index (χ3n) is 4.48. The van der Waals surface area contributed by atoms with E-state index in [1.807, 2.05) is 13.8 Å². The first-order valence-corrected chi connectivity index (χ1v) is 8.83. The van der Waals surface area contributed by atoms with Crippen LogP contribution in [0.5, 0.6) is 0 Å². The van der Waals surface area contributed by atoms with Gasteiger partial charge in [-0.2, -0.15) is 0 Å². The maximum atomic E-state index is 12.6. The Morgan fingerprint density at radius 3 is 2.30 bits per heavy atom. The van der Waals surface area contributed by atoms with Gasteiger partial charge in [0.15, 0.2) is 4.84 Å². The van der Waals surface area contributed by atoms with Gasteiger partial charge in [0, 0.05) is 38.1 Å². The van der Waals surface area contributed by atoms with Crippen LogP contribution in [0.15, 0.2) is 0 Å². The number of alkyl halides is 2. The van der Waals surface area contributed by atoms with Crippen LogP contribution in [-0.2, 0) is 14.4 Å². The third kappa shape index (κ3) is 4.51. The Kier molecular flexibility index (Phi) is 6.14. The summed E-state index contributed by atoms with van der Waals surface area (Å²) in [6.45, 7) is 5.57. The minimum atomic E-state index is -1.07. The topological polar surface area (TPSA) is 69.7 Å². The quantitative estimate of drug-likeness (QED) is 0.761. The van der Waals surface area contributed by atoms with Crippen LogP contribution in [0.3, 0.4) is 0 Å². The molecule has 3 amide bonds. The van der Waals surface area contributed by atoms with Crippen molar-refractivity contribution < 1.29 is 14.4 Å². The average molecular weight is 364 g/mol. The molecule has 0 aromatic carbocycles. The molecular formula is C15H23Cl2N3O3. The predicted molar refractivity (Wildman–Crippen MR) is 88.2 cm³/mol. The molecule has 0 saturated carbocycles. The molecule has 23 heavy (non-hydrogen) atoms. The number of halogens is 2. The summed E-state index contributed by atoms with van der Waals surface area (Å²) in [6.07, 6.45) is 1.65. The summed E-state index contributed by atoms with van der Waals surface area (Å²) in [5.74, 6) is -0.548. The molecule has 1 N–H and O–H groups in total. The summed E-state index contributed by atoms with van der Waals surface area (Å²) >= 11 is 11.0. The highest BCUT2D eigenvalue weighted by Crippen LogP contribution is 2.24. The van der Waals surface area contributed by atoms with Crippen LogP contribution in [0.25, 0.3) is 0 Å². The fourth-order valence-corrected chi connectivity index (χ4v) is 3.29. The second kappa shape index (κ2) is 7.71. The van der Waals surface area contributed by atoms with Gasteiger partial charge in [-0.25, -0.2) is 0 Å². The Morgan fingerprint density at radius 2 is 1.83 bits per heavy atom. The lowest BCUT2D eigenvalue weighted by molar-refractivity contribution is -0.137. The molecule has 6 nitrogen and oxygen atoms in total. The van der Waals surface area contributed by atoms with Gasteiger partial charge in [-0.3, -0.25) is 14.4 Å². The number of nitrogens with one attached hydrogen (secondary N) is 1. The summed E-state index contributed by atoms with van der Waals surface area (Å²) < 4.78 is 0. The van der Waals surface area contributed by atoms with Gasteiger partial charge in [-0.1, -0.05) is 23.2 Å². The fourth-order valence-electron chi connectivity index (χ4n) is 3.16. The van der Waals surface area contributed by atoms with E-state index in [-0.39, 0.29) is 29.8 Å². The molecule has 1 unspecified atom stereocenters. The van der Waals surface area contributed by atoms with Gasteiger partial charge in [0.1, 0.15) is 0 Å². The minimum Gasteiger partial charge on any atom is -0.351 e. The van der Waals surface area contributed by atoms with Crippen molar-refractivity contribution in [3.63, 3.8) is 0 Å². The highest BCUT2D eigenvalue weighted by molar-refractivity contribution is 6.53. The number of hydrogen-bond donors (Lipinski definition) is 1. The largest absolute Gasteiger partial charge is 0.351 e. The first-order chi connectivity index (χ1) is 10.8. The van der Waals surface area contributed by atoms with Gasteiger partial charge in [0.2, 0.25) is 11.8 Å². The highest BCUT2D eigenvalue weighted by atomic mass is 35.5. The van der Waals surface area contributed by atoms with Gasteiger partial charge in [-0.15, -0.1) is 0 Å². The predicted octanol–water partition coefficient (Wildman–Crippen LogP) is 1.15. The van der Waals surface area contributed by atoms with Crippen molar-refractivity contribution >= 4 is 40.9 Å². The van der Waals surface area contributed by atoms with Crippen LogP contribution in [-0.4, -0.2) is 64.1 Å². The van der Waals surface area contributed by atoms with Crippen LogP contribution < -0.4 is 5.32 Å². The van der Waals surface area contributed by atoms with E-state index in [2.05, 4.69) is 5.32 Å². The molecule has 8 heteroatoms. The summed E-state index contributed by atoms with van der Waals surface area (Å²) in [5.41, 5.74) is 0. The number of carbonyl (C=O) groups excluding carboxylic acids is 3. The molecule has 0 bridgehead atoms. The van der Waals surface area contributed by atoms with Gasteiger partial charge in [0.25, 0.3) is 5.91 Å². The van der Waals surface area contributed by atoms with E-state index in [0.717, 1.165) is 0 Å². The van der Waals surface area contributed by atoms with Crippen molar-refractivity contribution in [1.82, 2.24) is 15.1 Å². The van der Waals surface area contributed by atoms with Crippen molar-refractivity contribution in [2.75, 3.05) is 19.6 Å². The zero-order chi connectivity index (χ0) is 17.1. The number of piperidine rings is 1. The SMILES string of the molecule is CC(C)N1CC(C(=O)N2CCC(NC(=O)C(Cl)Cl)CC2)CC1=O. The van der Waals surface area contributed by atoms with Crippen molar-refractivity contribution in [2.45, 2.75) is 50.0 Å². The summed E-state index contributed by atoms with van der Waals surface area (Å²) in [6, 6.07) is 0.115. The van der Waals surface area contributed by atoms with Gasteiger partial charge >= 0.3 is 0 Å². The second-order valence-corrected chi connectivity index (χ2v) is 7.55. The lowest BCUT2D eigenvalue weighted by Crippen LogP contribution is -2.49. The summed E-state index contributed by atoms with van der Waals surface area (Å²) in [5, 5.41) is 2.77. The van der Waals surface area contributed by atoms with Gasteiger partial charge < -0.3 is 15.1 Å². The Morgan fingerprint density at radius 1 is 1.22 bits per heavy atom. The van der Waals surface area contributed by atoms with E-state index < -0.39 is 10.7 Å². The zero-order valence-corrected chi connectivity index (χ0v) is 14.9. The molecule has 0 spiro atoms. The molecule has 1 atom stereocenters. The van der Waals surface area contributed by atoms with Crippen LogP contribution in [0.1, 0.15) is 33.1 Å². The van der Waals surface area contributed by atoms with E-state index in [4.69, 9.17) is 23.2 Å². The molecule has 2 heterocycles. The number of nitrogens with zero attached hydrogens (tertiary/aromatic N) is 2. The Labute approximate surface area is 146 Å². The van der Waals surface area contributed by atoms with Gasteiger partial charge in [-0.05, 0) is 26.7 Å². The first kappa shape index (κ1) is 18.3. The van der Waals surface area contributed by atoms with E-state index in [1.165, 1.54) is 0 Å². The molecule has 0 aromatic rings. The third-order valence-corrected chi connectivity index (χ3v) is 4.88. The Hall–Kier alpha value is -1.01. The van der Waals surface area contributed by atoms with Gasteiger partial charge in [0.05, 0.1) is 5.92 Å². The fraction of sp³-hybridized carbons (Fsp3) is 0.800. The van der Waals surface area contributed by atoms with Crippen molar-refractivity contribution in [3.8, 4) is 0 Å². The molecule has 2 saturated heterocycles. The monoisotopic (exact) mass is 363 g/mol.